The molecule has 0 spiro atoms. The maximum atomic E-state index is 4.48. The van der Waals surface area contributed by atoms with Gasteiger partial charge in [0.15, 0.2) is 0 Å². The molecule has 3 heterocycles. The Kier molecular flexibility index (Phi) is 3.34. The molecular formula is C13H18BrN3. The van der Waals surface area contributed by atoms with Crippen LogP contribution in [-0.2, 0) is 0 Å². The molecule has 4 heteroatoms. The molecule has 2 aliphatic rings. The van der Waals surface area contributed by atoms with Gasteiger partial charge in [-0.2, -0.15) is 0 Å². The summed E-state index contributed by atoms with van der Waals surface area (Å²) in [5.74, 6) is 1.11. The maximum Gasteiger partial charge on any atom is 0.142 e. The van der Waals surface area contributed by atoms with E-state index in [0.717, 1.165) is 29.4 Å². The van der Waals surface area contributed by atoms with Crippen LogP contribution in [0, 0.1) is 0 Å². The van der Waals surface area contributed by atoms with Crippen molar-refractivity contribution in [2.75, 3.05) is 31.1 Å². The van der Waals surface area contributed by atoms with Crippen LogP contribution in [0.25, 0.3) is 0 Å². The summed E-state index contributed by atoms with van der Waals surface area (Å²) in [5.41, 5.74) is 0. The van der Waals surface area contributed by atoms with Crippen molar-refractivity contribution in [1.29, 1.82) is 0 Å². The molecule has 2 aliphatic heterocycles. The fraction of sp³-hybridized carbons (Fsp3) is 0.615. The quantitative estimate of drug-likeness (QED) is 0.836. The van der Waals surface area contributed by atoms with Gasteiger partial charge in [-0.05, 0) is 60.4 Å². The van der Waals surface area contributed by atoms with Gasteiger partial charge in [-0.15, -0.1) is 0 Å². The van der Waals surface area contributed by atoms with Gasteiger partial charge >= 0.3 is 0 Å². The molecule has 0 radical (unpaired) electrons. The number of likely N-dealkylation sites (tertiary alicyclic amines) is 1. The molecule has 17 heavy (non-hydrogen) atoms. The summed E-state index contributed by atoms with van der Waals surface area (Å²) in [6, 6.07) is 4.79. The van der Waals surface area contributed by atoms with Crippen molar-refractivity contribution in [2.45, 2.75) is 25.3 Å². The van der Waals surface area contributed by atoms with Crippen LogP contribution in [0.15, 0.2) is 22.8 Å². The van der Waals surface area contributed by atoms with E-state index < -0.39 is 0 Å². The molecule has 1 unspecified atom stereocenters. The minimum atomic E-state index is 0.742. The monoisotopic (exact) mass is 295 g/mol. The van der Waals surface area contributed by atoms with Gasteiger partial charge in [-0.25, -0.2) is 4.98 Å². The van der Waals surface area contributed by atoms with E-state index in [9.17, 15) is 0 Å². The zero-order chi connectivity index (χ0) is 11.7. The molecule has 0 amide bonds. The van der Waals surface area contributed by atoms with Crippen LogP contribution in [0.2, 0.25) is 0 Å². The van der Waals surface area contributed by atoms with Crippen LogP contribution in [-0.4, -0.2) is 42.1 Å². The number of halogens is 1. The lowest BCUT2D eigenvalue weighted by Crippen LogP contribution is -2.35. The van der Waals surface area contributed by atoms with Crippen molar-refractivity contribution in [1.82, 2.24) is 9.88 Å². The van der Waals surface area contributed by atoms with E-state index in [1.54, 1.807) is 0 Å². The first-order chi connectivity index (χ1) is 8.34. The predicted molar refractivity (Wildman–Crippen MR) is 73.4 cm³/mol. The molecule has 92 valence electrons. The van der Waals surface area contributed by atoms with Crippen LogP contribution in [0.5, 0.6) is 0 Å². The van der Waals surface area contributed by atoms with Crippen LogP contribution in [0.1, 0.15) is 19.3 Å². The normalized spacial score (nSPS) is 25.7. The van der Waals surface area contributed by atoms with Gasteiger partial charge in [0, 0.05) is 25.3 Å². The van der Waals surface area contributed by atoms with Gasteiger partial charge in [0.25, 0.3) is 0 Å². The maximum absolute atomic E-state index is 4.48. The van der Waals surface area contributed by atoms with Crippen molar-refractivity contribution >= 4 is 21.7 Å². The standard InChI is InChI=1S/C13H18BrN3/c14-12-4-3-6-15-13(12)17-9-5-11(10-17)16-7-1-2-8-16/h3-4,6,11H,1-2,5,7-10H2. The Bertz CT molecular complexity index is 390. The number of nitrogens with zero attached hydrogens (tertiary/aromatic N) is 3. The molecule has 0 aliphatic carbocycles. The van der Waals surface area contributed by atoms with E-state index in [4.69, 9.17) is 0 Å². The van der Waals surface area contributed by atoms with E-state index in [1.807, 2.05) is 12.3 Å². The van der Waals surface area contributed by atoms with Crippen molar-refractivity contribution in [2.24, 2.45) is 0 Å². The first-order valence-electron chi connectivity index (χ1n) is 6.44. The third-order valence-corrected chi connectivity index (χ3v) is 4.48. The topological polar surface area (TPSA) is 19.4 Å². The molecule has 1 atom stereocenters. The molecule has 0 N–H and O–H groups in total. The number of hydrogen-bond donors (Lipinski definition) is 0. The Balaban J connectivity index is 1.69. The molecule has 0 saturated carbocycles. The van der Waals surface area contributed by atoms with Crippen LogP contribution in [0.4, 0.5) is 5.82 Å². The Morgan fingerprint density at radius 2 is 2.06 bits per heavy atom. The second kappa shape index (κ2) is 4.94. The highest BCUT2D eigenvalue weighted by Gasteiger charge is 2.30. The van der Waals surface area contributed by atoms with Gasteiger partial charge in [0.1, 0.15) is 5.82 Å². The fourth-order valence-electron chi connectivity index (χ4n) is 2.95. The van der Waals surface area contributed by atoms with Gasteiger partial charge in [-0.1, -0.05) is 0 Å². The molecule has 3 rings (SSSR count). The zero-order valence-electron chi connectivity index (χ0n) is 9.98. The van der Waals surface area contributed by atoms with Crippen molar-refractivity contribution in [3.05, 3.63) is 22.8 Å². The number of pyridine rings is 1. The first-order valence-corrected chi connectivity index (χ1v) is 7.23. The second-order valence-corrected chi connectivity index (χ2v) is 5.79. The summed E-state index contributed by atoms with van der Waals surface area (Å²) in [7, 11) is 0. The van der Waals surface area contributed by atoms with Gasteiger partial charge in [-0.3, -0.25) is 4.90 Å². The average Bonchev–Trinajstić information content (AvgIpc) is 3.00. The van der Waals surface area contributed by atoms with E-state index in [0.29, 0.717) is 0 Å². The van der Waals surface area contributed by atoms with E-state index in [-0.39, 0.29) is 0 Å². The van der Waals surface area contributed by atoms with Crippen LogP contribution >= 0.6 is 15.9 Å². The number of anilines is 1. The number of hydrogen-bond acceptors (Lipinski definition) is 3. The summed E-state index contributed by atoms with van der Waals surface area (Å²) in [4.78, 5) is 9.54. The largest absolute Gasteiger partial charge is 0.354 e. The predicted octanol–water partition coefficient (Wildman–Crippen LogP) is 2.52. The molecule has 0 bridgehead atoms. The Labute approximate surface area is 111 Å². The van der Waals surface area contributed by atoms with Crippen LogP contribution in [0.3, 0.4) is 0 Å². The van der Waals surface area contributed by atoms with Crippen molar-refractivity contribution in [3.63, 3.8) is 0 Å². The summed E-state index contributed by atoms with van der Waals surface area (Å²) in [6.07, 6.45) is 5.92. The summed E-state index contributed by atoms with van der Waals surface area (Å²) in [6.45, 7) is 4.86. The van der Waals surface area contributed by atoms with Gasteiger partial charge in [0.05, 0.1) is 4.47 Å². The van der Waals surface area contributed by atoms with E-state index in [2.05, 4.69) is 36.8 Å². The van der Waals surface area contributed by atoms with Crippen molar-refractivity contribution < 1.29 is 0 Å². The molecule has 2 saturated heterocycles. The minimum Gasteiger partial charge on any atom is -0.354 e. The highest BCUT2D eigenvalue weighted by atomic mass is 79.9. The lowest BCUT2D eigenvalue weighted by molar-refractivity contribution is 0.260. The van der Waals surface area contributed by atoms with E-state index in [1.165, 1.54) is 32.4 Å². The van der Waals surface area contributed by atoms with E-state index >= 15 is 0 Å². The molecule has 0 aromatic carbocycles. The lowest BCUT2D eigenvalue weighted by atomic mass is 10.2. The third kappa shape index (κ3) is 2.33. The highest BCUT2D eigenvalue weighted by molar-refractivity contribution is 9.10. The molecule has 1 aromatic heterocycles. The summed E-state index contributed by atoms with van der Waals surface area (Å²) < 4.78 is 1.11. The van der Waals surface area contributed by atoms with Gasteiger partial charge < -0.3 is 4.90 Å². The number of aromatic nitrogens is 1. The first kappa shape index (κ1) is 11.5. The Morgan fingerprint density at radius 3 is 2.82 bits per heavy atom. The summed E-state index contributed by atoms with van der Waals surface area (Å²) >= 11 is 3.59. The molecular weight excluding hydrogens is 278 g/mol. The molecule has 3 nitrogen and oxygen atoms in total. The van der Waals surface area contributed by atoms with Crippen LogP contribution < -0.4 is 4.90 Å². The Hall–Kier alpha value is -0.610. The molecule has 2 fully saturated rings. The van der Waals surface area contributed by atoms with Crippen molar-refractivity contribution in [3.8, 4) is 0 Å². The lowest BCUT2D eigenvalue weighted by Gasteiger charge is -2.24. The third-order valence-electron chi connectivity index (χ3n) is 3.86. The highest BCUT2D eigenvalue weighted by Crippen LogP contribution is 2.28. The molecule has 1 aromatic rings. The SMILES string of the molecule is Brc1cccnc1N1CCC(N2CCCC2)C1. The smallest absolute Gasteiger partial charge is 0.142 e. The minimum absolute atomic E-state index is 0.742. The van der Waals surface area contributed by atoms with Gasteiger partial charge in [0.2, 0.25) is 0 Å². The Morgan fingerprint density at radius 1 is 1.24 bits per heavy atom. The fourth-order valence-corrected chi connectivity index (χ4v) is 3.45. The zero-order valence-corrected chi connectivity index (χ0v) is 11.6. The second-order valence-electron chi connectivity index (χ2n) is 4.94. The summed E-state index contributed by atoms with van der Waals surface area (Å²) in [5, 5.41) is 0. The average molecular weight is 296 g/mol. The number of rotatable bonds is 2.